The molecule has 2 rings (SSSR count). The average Bonchev–Trinajstić information content (AvgIpc) is 3.12. The van der Waals surface area contributed by atoms with Crippen LogP contribution in [0.2, 0.25) is 0 Å². The van der Waals surface area contributed by atoms with Crippen molar-refractivity contribution >= 4 is 18.3 Å². The number of hydrogen-bond acceptors (Lipinski definition) is 3. The maximum atomic E-state index is 11.6. The molecule has 2 N–H and O–H groups in total. The van der Waals surface area contributed by atoms with E-state index < -0.39 is 0 Å². The van der Waals surface area contributed by atoms with Gasteiger partial charge in [-0.1, -0.05) is 6.92 Å². The minimum atomic E-state index is 0. The number of amides is 1. The summed E-state index contributed by atoms with van der Waals surface area (Å²) < 4.78 is 5.37. The summed E-state index contributed by atoms with van der Waals surface area (Å²) in [6.45, 7) is 6.13. The lowest BCUT2D eigenvalue weighted by atomic mass is 9.81. The van der Waals surface area contributed by atoms with E-state index in [1.54, 1.807) is 0 Å². The number of halogens is 1. The van der Waals surface area contributed by atoms with Crippen LogP contribution in [-0.2, 0) is 9.53 Å². The van der Waals surface area contributed by atoms with Crippen molar-refractivity contribution in [2.24, 2.45) is 11.3 Å². The first kappa shape index (κ1) is 15.7. The molecule has 1 saturated carbocycles. The van der Waals surface area contributed by atoms with E-state index in [0.717, 1.165) is 45.0 Å². The Bertz CT molecular complexity index is 264. The van der Waals surface area contributed by atoms with Gasteiger partial charge in [0.1, 0.15) is 6.61 Å². The molecule has 5 heteroatoms. The lowest BCUT2D eigenvalue weighted by Crippen LogP contribution is -2.43. The fraction of sp³-hybridized carbons (Fsp3) is 0.923. The van der Waals surface area contributed by atoms with Crippen molar-refractivity contribution in [2.45, 2.75) is 32.6 Å². The third-order valence-electron chi connectivity index (χ3n) is 3.81. The minimum Gasteiger partial charge on any atom is -0.371 e. The van der Waals surface area contributed by atoms with Crippen LogP contribution in [0.15, 0.2) is 0 Å². The molecule has 0 spiro atoms. The van der Waals surface area contributed by atoms with E-state index in [9.17, 15) is 4.79 Å². The predicted octanol–water partition coefficient (Wildman–Crippen LogP) is 1.34. The molecule has 2 aliphatic rings. The molecule has 0 aromatic rings. The van der Waals surface area contributed by atoms with Crippen LogP contribution < -0.4 is 10.6 Å². The highest BCUT2D eigenvalue weighted by Gasteiger charge is 2.27. The largest absolute Gasteiger partial charge is 0.371 e. The Morgan fingerprint density at radius 2 is 2.06 bits per heavy atom. The molecule has 0 unspecified atom stereocenters. The van der Waals surface area contributed by atoms with Gasteiger partial charge in [0.05, 0.1) is 6.61 Å². The van der Waals surface area contributed by atoms with Crippen LogP contribution in [-0.4, -0.2) is 38.8 Å². The molecule has 2 fully saturated rings. The first-order chi connectivity index (χ1) is 8.18. The number of piperidine rings is 1. The molecular weight excluding hydrogens is 252 g/mol. The molecule has 18 heavy (non-hydrogen) atoms. The number of carbonyl (C=O) groups is 1. The van der Waals surface area contributed by atoms with Gasteiger partial charge < -0.3 is 15.4 Å². The van der Waals surface area contributed by atoms with Gasteiger partial charge in [0.15, 0.2) is 0 Å². The number of rotatable bonds is 6. The smallest absolute Gasteiger partial charge is 0.246 e. The van der Waals surface area contributed by atoms with Crippen molar-refractivity contribution in [2.75, 3.05) is 32.8 Å². The summed E-state index contributed by atoms with van der Waals surface area (Å²) >= 11 is 0. The van der Waals surface area contributed by atoms with Gasteiger partial charge in [-0.15, -0.1) is 12.4 Å². The Balaban J connectivity index is 0.00000162. The molecule has 1 aliphatic heterocycles. The summed E-state index contributed by atoms with van der Waals surface area (Å²) in [5.74, 6) is 0.759. The van der Waals surface area contributed by atoms with Crippen LogP contribution in [0.5, 0.6) is 0 Å². The van der Waals surface area contributed by atoms with Gasteiger partial charge >= 0.3 is 0 Å². The third kappa shape index (κ3) is 5.55. The van der Waals surface area contributed by atoms with E-state index in [-0.39, 0.29) is 30.3 Å². The highest BCUT2D eigenvalue weighted by atomic mass is 35.5. The molecule has 0 radical (unpaired) electrons. The van der Waals surface area contributed by atoms with E-state index in [0.29, 0.717) is 0 Å². The third-order valence-corrected chi connectivity index (χ3v) is 3.81. The SMILES string of the molecule is CC1(CNC(=O)COCC2CC2)CCNCC1.Cl. The molecule has 0 aromatic heterocycles. The summed E-state index contributed by atoms with van der Waals surface area (Å²) in [4.78, 5) is 11.6. The summed E-state index contributed by atoms with van der Waals surface area (Å²) in [5, 5.41) is 6.34. The Morgan fingerprint density at radius 3 is 2.67 bits per heavy atom. The van der Waals surface area contributed by atoms with Gasteiger partial charge in [-0.05, 0) is 50.1 Å². The topological polar surface area (TPSA) is 50.4 Å². The lowest BCUT2D eigenvalue weighted by molar-refractivity contribution is -0.126. The van der Waals surface area contributed by atoms with Crippen molar-refractivity contribution < 1.29 is 9.53 Å². The van der Waals surface area contributed by atoms with Gasteiger partial charge in [-0.3, -0.25) is 4.79 Å². The lowest BCUT2D eigenvalue weighted by Gasteiger charge is -2.34. The van der Waals surface area contributed by atoms with Crippen LogP contribution in [0.3, 0.4) is 0 Å². The fourth-order valence-electron chi connectivity index (χ4n) is 2.17. The van der Waals surface area contributed by atoms with Gasteiger partial charge in [0.25, 0.3) is 0 Å². The number of nitrogens with one attached hydrogen (secondary N) is 2. The summed E-state index contributed by atoms with van der Waals surface area (Å²) in [7, 11) is 0. The molecule has 1 heterocycles. The molecule has 0 aromatic carbocycles. The van der Waals surface area contributed by atoms with Crippen LogP contribution in [0.4, 0.5) is 0 Å². The Labute approximate surface area is 116 Å². The molecule has 1 saturated heterocycles. The van der Waals surface area contributed by atoms with Crippen molar-refractivity contribution in [1.82, 2.24) is 10.6 Å². The first-order valence-electron chi connectivity index (χ1n) is 6.73. The number of hydrogen-bond donors (Lipinski definition) is 2. The second kappa shape index (κ2) is 7.31. The summed E-state index contributed by atoms with van der Waals surface area (Å²) in [6.07, 6.45) is 4.81. The van der Waals surface area contributed by atoms with Crippen molar-refractivity contribution in [3.05, 3.63) is 0 Å². The van der Waals surface area contributed by atoms with E-state index in [1.807, 2.05) is 0 Å². The Hall–Kier alpha value is -0.320. The minimum absolute atomic E-state index is 0. The predicted molar refractivity (Wildman–Crippen MR) is 74.0 cm³/mol. The van der Waals surface area contributed by atoms with Crippen molar-refractivity contribution in [3.8, 4) is 0 Å². The second-order valence-corrected chi connectivity index (χ2v) is 5.80. The zero-order valence-corrected chi connectivity index (χ0v) is 12.0. The quantitative estimate of drug-likeness (QED) is 0.770. The summed E-state index contributed by atoms with van der Waals surface area (Å²) in [6, 6.07) is 0. The number of ether oxygens (including phenoxy) is 1. The maximum Gasteiger partial charge on any atom is 0.246 e. The zero-order valence-electron chi connectivity index (χ0n) is 11.2. The normalized spacial score (nSPS) is 22.1. The first-order valence-corrected chi connectivity index (χ1v) is 6.73. The maximum absolute atomic E-state index is 11.6. The van der Waals surface area contributed by atoms with Gasteiger partial charge in [-0.25, -0.2) is 0 Å². The fourth-order valence-corrected chi connectivity index (χ4v) is 2.17. The van der Waals surface area contributed by atoms with Crippen LogP contribution in [0.25, 0.3) is 0 Å². The van der Waals surface area contributed by atoms with Crippen molar-refractivity contribution in [1.29, 1.82) is 0 Å². The summed E-state index contributed by atoms with van der Waals surface area (Å²) in [5.41, 5.74) is 0.261. The molecule has 1 aliphatic carbocycles. The van der Waals surface area contributed by atoms with Gasteiger partial charge in [0, 0.05) is 6.54 Å². The van der Waals surface area contributed by atoms with E-state index >= 15 is 0 Å². The van der Waals surface area contributed by atoms with Gasteiger partial charge in [-0.2, -0.15) is 0 Å². The zero-order chi connectivity index (χ0) is 12.1. The Kier molecular flexibility index (Phi) is 6.39. The highest BCUT2D eigenvalue weighted by Crippen LogP contribution is 2.28. The second-order valence-electron chi connectivity index (χ2n) is 5.80. The highest BCUT2D eigenvalue weighted by molar-refractivity contribution is 5.85. The van der Waals surface area contributed by atoms with Crippen LogP contribution >= 0.6 is 12.4 Å². The molecule has 0 atom stereocenters. The van der Waals surface area contributed by atoms with Crippen molar-refractivity contribution in [3.63, 3.8) is 0 Å². The van der Waals surface area contributed by atoms with Crippen LogP contribution in [0.1, 0.15) is 32.6 Å². The van der Waals surface area contributed by atoms with E-state index in [1.165, 1.54) is 12.8 Å². The molecule has 4 nitrogen and oxygen atoms in total. The molecule has 1 amide bonds. The van der Waals surface area contributed by atoms with E-state index in [4.69, 9.17) is 4.74 Å². The molecule has 0 bridgehead atoms. The molecular formula is C13H25ClN2O2. The van der Waals surface area contributed by atoms with Crippen LogP contribution in [0, 0.1) is 11.3 Å². The standard InChI is InChI=1S/C13H24N2O2.ClH/c1-13(4-6-14-7-5-13)10-15-12(16)9-17-8-11-2-3-11;/h11,14H,2-10H2,1H3,(H,15,16);1H. The van der Waals surface area contributed by atoms with E-state index in [2.05, 4.69) is 17.6 Å². The Morgan fingerprint density at radius 1 is 1.39 bits per heavy atom. The molecule has 106 valence electrons. The number of carbonyl (C=O) groups excluding carboxylic acids is 1. The monoisotopic (exact) mass is 276 g/mol. The van der Waals surface area contributed by atoms with Gasteiger partial charge in [0.2, 0.25) is 5.91 Å². The average molecular weight is 277 g/mol.